The van der Waals surface area contributed by atoms with Crippen LogP contribution in [0.1, 0.15) is 23.1 Å². The maximum absolute atomic E-state index is 3.49. The number of nitrogens with one attached hydrogen (secondary N) is 1. The van der Waals surface area contributed by atoms with Crippen LogP contribution in [0.2, 0.25) is 0 Å². The minimum Gasteiger partial charge on any atom is -0.385 e. The average Bonchev–Trinajstić information content (AvgIpc) is 2.91. The number of nitrogens with zero attached hydrogens (tertiary/aromatic N) is 1. The lowest BCUT2D eigenvalue weighted by atomic mass is 10.0. The summed E-state index contributed by atoms with van der Waals surface area (Å²) in [6.07, 6.45) is 3.65. The van der Waals surface area contributed by atoms with E-state index in [0.29, 0.717) is 0 Å². The van der Waals surface area contributed by atoms with Gasteiger partial charge in [-0.25, -0.2) is 0 Å². The molecule has 0 saturated heterocycles. The Hall–Kier alpha value is -1.96. The Labute approximate surface area is 120 Å². The van der Waals surface area contributed by atoms with E-state index in [1.165, 1.54) is 47.3 Å². The monoisotopic (exact) mass is 264 g/mol. The van der Waals surface area contributed by atoms with Gasteiger partial charge in [0.25, 0.3) is 0 Å². The Morgan fingerprint density at radius 2 is 1.95 bits per heavy atom. The first kappa shape index (κ1) is 11.8. The summed E-state index contributed by atoms with van der Waals surface area (Å²) < 4.78 is 0. The van der Waals surface area contributed by atoms with Crippen molar-refractivity contribution in [3.63, 3.8) is 0 Å². The summed E-state index contributed by atoms with van der Waals surface area (Å²) in [5, 5.41) is 3.49. The molecule has 0 unspecified atom stereocenters. The van der Waals surface area contributed by atoms with Gasteiger partial charge in [-0.2, -0.15) is 0 Å². The lowest BCUT2D eigenvalue weighted by Gasteiger charge is -2.22. The molecule has 1 N–H and O–H groups in total. The number of anilines is 2. The summed E-state index contributed by atoms with van der Waals surface area (Å²) in [5.41, 5.74) is 7.17. The van der Waals surface area contributed by atoms with Gasteiger partial charge in [-0.1, -0.05) is 30.3 Å². The van der Waals surface area contributed by atoms with Crippen molar-refractivity contribution < 1.29 is 0 Å². The van der Waals surface area contributed by atoms with E-state index in [2.05, 4.69) is 52.7 Å². The molecule has 2 nitrogen and oxygen atoms in total. The van der Waals surface area contributed by atoms with Crippen LogP contribution in [-0.4, -0.2) is 13.1 Å². The van der Waals surface area contributed by atoms with Crippen LogP contribution in [0.25, 0.3) is 0 Å². The molecule has 2 heteroatoms. The van der Waals surface area contributed by atoms with Gasteiger partial charge in [-0.15, -0.1) is 0 Å². The maximum Gasteiger partial charge on any atom is 0.0429 e. The third kappa shape index (κ3) is 2.05. The number of hydrogen-bond acceptors (Lipinski definition) is 2. The Morgan fingerprint density at radius 1 is 1.00 bits per heavy atom. The van der Waals surface area contributed by atoms with Crippen molar-refractivity contribution in [2.75, 3.05) is 23.3 Å². The van der Waals surface area contributed by atoms with Crippen molar-refractivity contribution in [2.45, 2.75) is 25.8 Å². The molecule has 102 valence electrons. The predicted molar refractivity (Wildman–Crippen MR) is 84.4 cm³/mol. The molecule has 0 aliphatic carbocycles. The lowest BCUT2D eigenvalue weighted by Crippen LogP contribution is -2.20. The summed E-state index contributed by atoms with van der Waals surface area (Å²) in [6.45, 7) is 3.30. The molecule has 0 aromatic heterocycles. The Morgan fingerprint density at radius 3 is 2.95 bits per heavy atom. The highest BCUT2D eigenvalue weighted by molar-refractivity contribution is 5.59. The van der Waals surface area contributed by atoms with Crippen LogP contribution in [0.4, 0.5) is 11.4 Å². The molecule has 4 rings (SSSR count). The molecule has 2 aromatic rings. The molecule has 0 saturated carbocycles. The van der Waals surface area contributed by atoms with E-state index >= 15 is 0 Å². The Balaban J connectivity index is 1.58. The minimum atomic E-state index is 1.03. The summed E-state index contributed by atoms with van der Waals surface area (Å²) in [7, 11) is 0. The van der Waals surface area contributed by atoms with E-state index in [9.17, 15) is 0 Å². The highest BCUT2D eigenvalue weighted by atomic mass is 15.1. The Kier molecular flexibility index (Phi) is 2.87. The van der Waals surface area contributed by atoms with Crippen LogP contribution < -0.4 is 10.2 Å². The van der Waals surface area contributed by atoms with Gasteiger partial charge in [-0.05, 0) is 48.1 Å². The summed E-state index contributed by atoms with van der Waals surface area (Å²) in [4.78, 5) is 2.51. The standard InChI is InChI=1S/C18H20N2/c1-2-6-18-15(4-1)9-11-20(18)13-14-7-8-17-16(12-14)5-3-10-19-17/h1-2,4,6-8,12,19H,3,5,9-11,13H2. The third-order valence-corrected chi connectivity index (χ3v) is 4.46. The maximum atomic E-state index is 3.49. The molecule has 0 amide bonds. The van der Waals surface area contributed by atoms with Crippen LogP contribution in [0.15, 0.2) is 42.5 Å². The number of aryl methyl sites for hydroxylation is 1. The number of para-hydroxylation sites is 1. The zero-order valence-electron chi connectivity index (χ0n) is 11.7. The second-order valence-corrected chi connectivity index (χ2v) is 5.82. The van der Waals surface area contributed by atoms with Gasteiger partial charge < -0.3 is 10.2 Å². The van der Waals surface area contributed by atoms with E-state index in [1.54, 1.807) is 0 Å². The SMILES string of the molecule is c1ccc2c(c1)CCN2Cc1ccc2c(c1)CCCN2. The largest absolute Gasteiger partial charge is 0.385 e. The number of fused-ring (bicyclic) bond motifs is 2. The van der Waals surface area contributed by atoms with Crippen LogP contribution in [0, 0.1) is 0 Å². The van der Waals surface area contributed by atoms with Crippen LogP contribution in [-0.2, 0) is 19.4 Å². The van der Waals surface area contributed by atoms with Crippen molar-refractivity contribution in [1.82, 2.24) is 0 Å². The fourth-order valence-corrected chi connectivity index (χ4v) is 3.42. The third-order valence-electron chi connectivity index (χ3n) is 4.46. The minimum absolute atomic E-state index is 1.03. The zero-order valence-corrected chi connectivity index (χ0v) is 11.7. The molecule has 2 aromatic carbocycles. The smallest absolute Gasteiger partial charge is 0.0429 e. The van der Waals surface area contributed by atoms with Crippen molar-refractivity contribution in [3.8, 4) is 0 Å². The van der Waals surface area contributed by atoms with Gasteiger partial charge in [0.15, 0.2) is 0 Å². The van der Waals surface area contributed by atoms with Crippen LogP contribution >= 0.6 is 0 Å². The first-order valence-electron chi connectivity index (χ1n) is 7.59. The normalized spacial score (nSPS) is 16.5. The molecular weight excluding hydrogens is 244 g/mol. The molecule has 2 aliphatic heterocycles. The van der Waals surface area contributed by atoms with Gasteiger partial charge in [0, 0.05) is 31.0 Å². The van der Waals surface area contributed by atoms with Crippen molar-refractivity contribution in [2.24, 2.45) is 0 Å². The van der Waals surface area contributed by atoms with E-state index in [-0.39, 0.29) is 0 Å². The van der Waals surface area contributed by atoms with E-state index in [1.807, 2.05) is 0 Å². The van der Waals surface area contributed by atoms with Gasteiger partial charge in [0.2, 0.25) is 0 Å². The van der Waals surface area contributed by atoms with Gasteiger partial charge in [-0.3, -0.25) is 0 Å². The molecule has 0 radical (unpaired) electrons. The fourth-order valence-electron chi connectivity index (χ4n) is 3.42. The molecule has 2 heterocycles. The van der Waals surface area contributed by atoms with Crippen molar-refractivity contribution in [3.05, 3.63) is 59.2 Å². The number of hydrogen-bond donors (Lipinski definition) is 1. The lowest BCUT2D eigenvalue weighted by molar-refractivity contribution is 0.813. The first-order chi connectivity index (χ1) is 9.90. The Bertz CT molecular complexity index is 633. The highest BCUT2D eigenvalue weighted by Crippen LogP contribution is 2.30. The second-order valence-electron chi connectivity index (χ2n) is 5.82. The van der Waals surface area contributed by atoms with Crippen LogP contribution in [0.5, 0.6) is 0 Å². The first-order valence-corrected chi connectivity index (χ1v) is 7.59. The summed E-state index contributed by atoms with van der Waals surface area (Å²) in [5.74, 6) is 0. The topological polar surface area (TPSA) is 15.3 Å². The molecular formula is C18H20N2. The summed E-state index contributed by atoms with van der Waals surface area (Å²) in [6, 6.07) is 15.7. The summed E-state index contributed by atoms with van der Waals surface area (Å²) >= 11 is 0. The van der Waals surface area contributed by atoms with Crippen molar-refractivity contribution >= 4 is 11.4 Å². The number of rotatable bonds is 2. The van der Waals surface area contributed by atoms with E-state index in [4.69, 9.17) is 0 Å². The molecule has 20 heavy (non-hydrogen) atoms. The molecule has 0 atom stereocenters. The van der Waals surface area contributed by atoms with Gasteiger partial charge in [0.05, 0.1) is 0 Å². The van der Waals surface area contributed by atoms with Crippen molar-refractivity contribution in [1.29, 1.82) is 0 Å². The predicted octanol–water partition coefficient (Wildman–Crippen LogP) is 3.61. The molecule has 0 bridgehead atoms. The average molecular weight is 264 g/mol. The molecule has 0 fully saturated rings. The highest BCUT2D eigenvalue weighted by Gasteiger charge is 2.18. The fraction of sp³-hybridized carbons (Fsp3) is 0.333. The van der Waals surface area contributed by atoms with E-state index in [0.717, 1.165) is 19.6 Å². The quantitative estimate of drug-likeness (QED) is 0.891. The molecule has 0 spiro atoms. The molecule has 2 aliphatic rings. The second kappa shape index (κ2) is 4.86. The van der Waals surface area contributed by atoms with Crippen LogP contribution in [0.3, 0.4) is 0 Å². The van der Waals surface area contributed by atoms with Gasteiger partial charge in [0.1, 0.15) is 0 Å². The van der Waals surface area contributed by atoms with Gasteiger partial charge >= 0.3 is 0 Å². The number of benzene rings is 2. The van der Waals surface area contributed by atoms with E-state index < -0.39 is 0 Å². The zero-order chi connectivity index (χ0) is 13.4.